The van der Waals surface area contributed by atoms with Crippen molar-refractivity contribution in [1.29, 1.82) is 0 Å². The Morgan fingerprint density at radius 2 is 1.65 bits per heavy atom. The third kappa shape index (κ3) is 5.26. The Kier molecular flexibility index (Phi) is 6.95. The molecule has 4 rings (SSSR count). The van der Waals surface area contributed by atoms with Gasteiger partial charge in [-0.1, -0.05) is 49.1 Å². The molecule has 4 heteroatoms. The van der Waals surface area contributed by atoms with E-state index in [0.717, 1.165) is 17.5 Å². The largest absolute Gasteiger partial charge is 0.462 e. The van der Waals surface area contributed by atoms with Gasteiger partial charge < -0.3 is 4.74 Å². The fraction of sp³-hybridized carbons (Fsp3) is 0.233. The summed E-state index contributed by atoms with van der Waals surface area (Å²) in [6.07, 6.45) is 3.33. The van der Waals surface area contributed by atoms with E-state index in [0.29, 0.717) is 5.56 Å². The normalized spacial score (nSPS) is 13.9. The highest BCUT2D eigenvalue weighted by Crippen LogP contribution is 2.46. The molecule has 0 radical (unpaired) electrons. The fourth-order valence-electron chi connectivity index (χ4n) is 3.92. The van der Waals surface area contributed by atoms with Gasteiger partial charge in [0, 0.05) is 20.8 Å². The zero-order valence-corrected chi connectivity index (χ0v) is 20.7. The second-order valence-electron chi connectivity index (χ2n) is 8.69. The molecule has 0 saturated carbocycles. The van der Waals surface area contributed by atoms with Crippen LogP contribution in [0.2, 0.25) is 0 Å². The average Bonchev–Trinajstić information content (AvgIpc) is 2.82. The predicted molar refractivity (Wildman–Crippen MR) is 138 cm³/mol. The molecular weight excluding hydrogens is 443 g/mol. The number of carbonyl (C=O) groups excluding carboxylic acids is 1. The van der Waals surface area contributed by atoms with Crippen molar-refractivity contribution in [1.82, 2.24) is 0 Å². The van der Waals surface area contributed by atoms with E-state index in [9.17, 15) is 9.18 Å². The Bertz CT molecular complexity index is 1320. The summed E-state index contributed by atoms with van der Waals surface area (Å²) >= 11 is 1.84. The zero-order valence-electron chi connectivity index (χ0n) is 19.9. The van der Waals surface area contributed by atoms with Crippen LogP contribution in [-0.2, 0) is 11.2 Å². The van der Waals surface area contributed by atoms with Crippen molar-refractivity contribution >= 4 is 23.3 Å². The van der Waals surface area contributed by atoms with Crippen LogP contribution in [0.5, 0.6) is 0 Å². The highest BCUT2D eigenvalue weighted by Gasteiger charge is 2.26. The Morgan fingerprint density at radius 3 is 2.29 bits per heavy atom. The van der Waals surface area contributed by atoms with Gasteiger partial charge in [-0.15, -0.1) is 11.8 Å². The quantitative estimate of drug-likeness (QED) is 0.296. The van der Waals surface area contributed by atoms with E-state index in [1.807, 2.05) is 17.8 Å². The summed E-state index contributed by atoms with van der Waals surface area (Å²) in [7, 11) is 0. The monoisotopic (exact) mass is 470 g/mol. The lowest BCUT2D eigenvalue weighted by Crippen LogP contribution is -2.16. The third-order valence-corrected chi connectivity index (χ3v) is 6.84. The van der Waals surface area contributed by atoms with Crippen LogP contribution in [0.25, 0.3) is 5.57 Å². The van der Waals surface area contributed by atoms with Gasteiger partial charge in [-0.05, 0) is 85.9 Å². The van der Waals surface area contributed by atoms with Gasteiger partial charge >= 0.3 is 5.97 Å². The molecule has 0 spiro atoms. The van der Waals surface area contributed by atoms with Crippen LogP contribution >= 0.6 is 11.8 Å². The van der Waals surface area contributed by atoms with Crippen LogP contribution in [-0.4, -0.2) is 17.3 Å². The number of rotatable bonds is 4. The van der Waals surface area contributed by atoms with Crippen molar-refractivity contribution in [2.45, 2.75) is 43.8 Å². The van der Waals surface area contributed by atoms with Gasteiger partial charge in [0.15, 0.2) is 0 Å². The molecule has 2 nitrogen and oxygen atoms in total. The maximum absolute atomic E-state index is 14.4. The van der Waals surface area contributed by atoms with E-state index in [2.05, 4.69) is 75.1 Å². The molecule has 0 unspecified atom stereocenters. The Hall–Kier alpha value is -3.29. The average molecular weight is 471 g/mol. The predicted octanol–water partition coefficient (Wildman–Crippen LogP) is 7.28. The number of carbonyl (C=O) groups is 1. The molecule has 172 valence electrons. The van der Waals surface area contributed by atoms with Crippen molar-refractivity contribution < 1.29 is 13.9 Å². The van der Waals surface area contributed by atoms with Crippen LogP contribution in [0, 0.1) is 17.7 Å². The Morgan fingerprint density at radius 1 is 0.971 bits per heavy atom. The first-order valence-corrected chi connectivity index (χ1v) is 12.3. The number of esters is 1. The Balaban J connectivity index is 1.67. The summed E-state index contributed by atoms with van der Waals surface area (Å²) in [5.41, 5.74) is 6.14. The standard InChI is InChI=1S/C30H27FO2S/c1-5-20-9-13-23(14-10-20)26-19-30(3,4)34-28-16-12-21(17-25(26)28)7-8-22-11-15-24(27(31)18-22)29(32)33-6-2/h9-19H,5-6H2,1-4H3. The van der Waals surface area contributed by atoms with Gasteiger partial charge in [-0.25, -0.2) is 9.18 Å². The van der Waals surface area contributed by atoms with E-state index in [1.54, 1.807) is 13.0 Å². The lowest BCUT2D eigenvalue weighted by molar-refractivity contribution is 0.0521. The van der Waals surface area contributed by atoms with E-state index in [4.69, 9.17) is 4.74 Å². The molecule has 0 saturated heterocycles. The van der Waals surface area contributed by atoms with E-state index >= 15 is 0 Å². The molecule has 0 amide bonds. The first-order chi connectivity index (χ1) is 16.3. The van der Waals surface area contributed by atoms with Crippen molar-refractivity contribution in [2.75, 3.05) is 6.61 Å². The summed E-state index contributed by atoms with van der Waals surface area (Å²) in [6.45, 7) is 8.50. The summed E-state index contributed by atoms with van der Waals surface area (Å²) < 4.78 is 19.2. The summed E-state index contributed by atoms with van der Waals surface area (Å²) in [5.74, 6) is 4.88. The summed E-state index contributed by atoms with van der Waals surface area (Å²) in [4.78, 5) is 13.0. The minimum absolute atomic E-state index is 0.0167. The van der Waals surface area contributed by atoms with Crippen molar-refractivity contribution in [2.24, 2.45) is 0 Å². The van der Waals surface area contributed by atoms with Crippen LogP contribution in [0.15, 0.2) is 71.6 Å². The molecule has 1 heterocycles. The number of ether oxygens (including phenoxy) is 1. The fourth-order valence-corrected chi connectivity index (χ4v) is 5.07. The number of aryl methyl sites for hydroxylation is 1. The molecule has 1 aliphatic rings. The minimum atomic E-state index is -0.666. The molecule has 0 fully saturated rings. The van der Waals surface area contributed by atoms with E-state index < -0.39 is 11.8 Å². The van der Waals surface area contributed by atoms with Gasteiger partial charge in [-0.2, -0.15) is 0 Å². The molecule has 0 N–H and O–H groups in total. The van der Waals surface area contributed by atoms with Crippen molar-refractivity contribution in [3.8, 4) is 11.8 Å². The lowest BCUT2D eigenvalue weighted by Gasteiger charge is -2.29. The summed E-state index contributed by atoms with van der Waals surface area (Å²) in [5, 5.41) is 0. The smallest absolute Gasteiger partial charge is 0.341 e. The lowest BCUT2D eigenvalue weighted by atomic mass is 9.92. The maximum Gasteiger partial charge on any atom is 0.341 e. The van der Waals surface area contributed by atoms with Gasteiger partial charge in [-0.3, -0.25) is 0 Å². The Labute approximate surface area is 205 Å². The number of hydrogen-bond acceptors (Lipinski definition) is 3. The molecule has 34 heavy (non-hydrogen) atoms. The molecule has 1 aliphatic heterocycles. The topological polar surface area (TPSA) is 26.3 Å². The molecule has 0 aromatic heterocycles. The maximum atomic E-state index is 14.4. The molecule has 0 aliphatic carbocycles. The molecule has 0 atom stereocenters. The number of halogens is 1. The molecule has 3 aromatic carbocycles. The highest BCUT2D eigenvalue weighted by molar-refractivity contribution is 8.01. The third-order valence-electron chi connectivity index (χ3n) is 5.62. The number of benzene rings is 3. The number of hydrogen-bond donors (Lipinski definition) is 0. The zero-order chi connectivity index (χ0) is 24.3. The molecule has 0 bridgehead atoms. The van der Waals surface area contributed by atoms with Crippen molar-refractivity contribution in [3.63, 3.8) is 0 Å². The SMILES string of the molecule is CCOC(=O)c1ccc(C#Cc2ccc3c(c2)C(c2ccc(CC)cc2)=CC(C)(C)S3)cc1F. The molecular formula is C30H27FO2S. The highest BCUT2D eigenvalue weighted by atomic mass is 32.2. The van der Waals surface area contributed by atoms with Gasteiger partial charge in [0.1, 0.15) is 5.82 Å². The van der Waals surface area contributed by atoms with Crippen molar-refractivity contribution in [3.05, 3.63) is 106 Å². The number of thioether (sulfide) groups is 1. The summed E-state index contributed by atoms with van der Waals surface area (Å²) in [6, 6.07) is 19.3. The molecule has 3 aromatic rings. The first-order valence-electron chi connectivity index (χ1n) is 11.4. The van der Waals surface area contributed by atoms with Gasteiger partial charge in [0.05, 0.1) is 12.2 Å². The second-order valence-corrected chi connectivity index (χ2v) is 10.4. The van der Waals surface area contributed by atoms with Gasteiger partial charge in [0.2, 0.25) is 0 Å². The second kappa shape index (κ2) is 9.91. The van der Waals surface area contributed by atoms with Gasteiger partial charge in [0.25, 0.3) is 0 Å². The minimum Gasteiger partial charge on any atom is -0.462 e. The van der Waals surface area contributed by atoms with E-state index in [1.165, 1.54) is 33.7 Å². The van der Waals surface area contributed by atoms with E-state index in [-0.39, 0.29) is 16.9 Å². The van der Waals surface area contributed by atoms with Crippen LogP contribution in [0.4, 0.5) is 4.39 Å². The van der Waals surface area contributed by atoms with Crippen LogP contribution in [0.1, 0.15) is 65.9 Å². The van der Waals surface area contributed by atoms with Crippen LogP contribution < -0.4 is 0 Å². The number of fused-ring (bicyclic) bond motifs is 1. The first kappa shape index (κ1) is 23.9. The van der Waals surface area contributed by atoms with Crippen LogP contribution in [0.3, 0.4) is 0 Å².